The van der Waals surface area contributed by atoms with Gasteiger partial charge in [-0.25, -0.2) is 8.42 Å². The number of hydrogen-bond donors (Lipinski definition) is 2. The molecule has 0 saturated heterocycles. The van der Waals surface area contributed by atoms with Crippen molar-refractivity contribution in [3.8, 4) is 5.75 Å². The van der Waals surface area contributed by atoms with Crippen LogP contribution in [0.3, 0.4) is 0 Å². The highest BCUT2D eigenvalue weighted by Gasteiger charge is 2.30. The zero-order chi connectivity index (χ0) is 19.3. The van der Waals surface area contributed by atoms with Gasteiger partial charge in [0.2, 0.25) is 0 Å². The lowest BCUT2D eigenvalue weighted by Crippen LogP contribution is -2.48. The van der Waals surface area contributed by atoms with Crippen LogP contribution in [0.15, 0.2) is 17.1 Å². The van der Waals surface area contributed by atoms with Gasteiger partial charge in [-0.3, -0.25) is 4.99 Å². The maximum absolute atomic E-state index is 11.7. The van der Waals surface area contributed by atoms with Crippen molar-refractivity contribution >= 4 is 74.6 Å². The molecule has 0 aliphatic carbocycles. The number of guanidine groups is 1. The first-order chi connectivity index (χ1) is 11.5. The number of ether oxygens (including phenoxy) is 1. The summed E-state index contributed by atoms with van der Waals surface area (Å²) in [7, 11) is -1.60. The molecule has 0 aliphatic heterocycles. The molecule has 6 nitrogen and oxygen atoms in total. The van der Waals surface area contributed by atoms with E-state index in [9.17, 15) is 8.42 Å². The number of rotatable bonds is 7. The fourth-order valence-corrected chi connectivity index (χ4v) is 2.90. The minimum atomic E-state index is -3.19. The number of aliphatic imine (C=N–C) groups is 1. The molecule has 1 aromatic rings. The van der Waals surface area contributed by atoms with Crippen molar-refractivity contribution in [1.82, 2.24) is 10.6 Å². The summed E-state index contributed by atoms with van der Waals surface area (Å²) in [4.78, 5) is 4.04. The van der Waals surface area contributed by atoms with E-state index in [1.165, 1.54) is 6.26 Å². The number of halogens is 4. The van der Waals surface area contributed by atoms with Crippen LogP contribution >= 0.6 is 58.8 Å². The van der Waals surface area contributed by atoms with Crippen molar-refractivity contribution in [3.05, 3.63) is 27.2 Å². The second-order valence-electron chi connectivity index (χ2n) is 5.93. The summed E-state index contributed by atoms with van der Waals surface area (Å²) in [5, 5.41) is 7.09. The van der Waals surface area contributed by atoms with Gasteiger partial charge in [0.25, 0.3) is 0 Å². The highest BCUT2D eigenvalue weighted by molar-refractivity contribution is 14.0. The summed E-state index contributed by atoms with van der Waals surface area (Å²) >= 11 is 17.9. The van der Waals surface area contributed by atoms with Gasteiger partial charge in [-0.05, 0) is 26.0 Å². The van der Waals surface area contributed by atoms with Gasteiger partial charge >= 0.3 is 0 Å². The summed E-state index contributed by atoms with van der Waals surface area (Å²) in [5.41, 5.74) is 0. The standard InChI is InChI=1S/C15H22Cl3N3O3S.HI/c1-15(2,25(4,22)23)9-21-14(19-3)20-5-6-24-13-11(17)7-10(16)8-12(13)18;/h7-8H,5-6,9H2,1-4H3,(H2,19,20,21);1H. The van der Waals surface area contributed by atoms with Gasteiger partial charge in [0.05, 0.1) is 21.3 Å². The van der Waals surface area contributed by atoms with E-state index in [-0.39, 0.29) is 37.1 Å². The molecule has 0 radical (unpaired) electrons. The Morgan fingerprint density at radius 2 is 1.73 bits per heavy atom. The van der Waals surface area contributed by atoms with Gasteiger partial charge in [-0.15, -0.1) is 24.0 Å². The topological polar surface area (TPSA) is 79.8 Å². The molecule has 0 heterocycles. The lowest BCUT2D eigenvalue weighted by Gasteiger charge is -2.24. The van der Waals surface area contributed by atoms with E-state index < -0.39 is 14.6 Å². The Hall–Kier alpha value is -0.160. The average Bonchev–Trinajstić information content (AvgIpc) is 2.47. The normalized spacial score (nSPS) is 12.3. The number of nitrogens with zero attached hydrogens (tertiary/aromatic N) is 1. The quantitative estimate of drug-likeness (QED) is 0.231. The second-order valence-corrected chi connectivity index (χ2v) is 9.83. The summed E-state index contributed by atoms with van der Waals surface area (Å²) in [6.45, 7) is 4.21. The molecule has 0 aliphatic rings. The molecule has 2 N–H and O–H groups in total. The molecule has 0 fully saturated rings. The molecule has 1 rings (SSSR count). The Morgan fingerprint density at radius 3 is 2.19 bits per heavy atom. The van der Waals surface area contributed by atoms with Crippen molar-refractivity contribution in [2.75, 3.05) is 33.0 Å². The Kier molecular flexibility index (Phi) is 10.9. The number of sulfone groups is 1. The van der Waals surface area contributed by atoms with Gasteiger partial charge in [0.1, 0.15) is 6.61 Å². The lowest BCUT2D eigenvalue weighted by atomic mass is 10.2. The maximum Gasteiger partial charge on any atom is 0.191 e. The van der Waals surface area contributed by atoms with E-state index in [0.29, 0.717) is 33.3 Å². The van der Waals surface area contributed by atoms with Crippen molar-refractivity contribution < 1.29 is 13.2 Å². The van der Waals surface area contributed by atoms with Crippen LogP contribution in [0.1, 0.15) is 13.8 Å². The van der Waals surface area contributed by atoms with Gasteiger partial charge in [0, 0.05) is 24.9 Å². The van der Waals surface area contributed by atoms with Gasteiger partial charge in [-0.1, -0.05) is 34.8 Å². The summed E-state index contributed by atoms with van der Waals surface area (Å²) in [6, 6.07) is 3.09. The number of benzene rings is 1. The summed E-state index contributed by atoms with van der Waals surface area (Å²) in [6.07, 6.45) is 1.21. The first-order valence-corrected chi connectivity index (χ1v) is 10.4. The molecule has 150 valence electrons. The molecule has 26 heavy (non-hydrogen) atoms. The monoisotopic (exact) mass is 557 g/mol. The third kappa shape index (κ3) is 7.84. The molecular formula is C15H23Cl3IN3O3S. The molecule has 0 amide bonds. The van der Waals surface area contributed by atoms with Crippen LogP contribution in [0.5, 0.6) is 5.75 Å². The lowest BCUT2D eigenvalue weighted by molar-refractivity contribution is 0.322. The van der Waals surface area contributed by atoms with Gasteiger partial charge in [0.15, 0.2) is 21.5 Å². The van der Waals surface area contributed by atoms with Crippen LogP contribution < -0.4 is 15.4 Å². The minimum Gasteiger partial charge on any atom is -0.489 e. The van der Waals surface area contributed by atoms with Crippen LogP contribution in [-0.2, 0) is 9.84 Å². The van der Waals surface area contributed by atoms with E-state index in [1.54, 1.807) is 33.0 Å². The highest BCUT2D eigenvalue weighted by atomic mass is 127. The smallest absolute Gasteiger partial charge is 0.191 e. The van der Waals surface area contributed by atoms with Crippen LogP contribution in [0.2, 0.25) is 15.1 Å². The highest BCUT2D eigenvalue weighted by Crippen LogP contribution is 2.35. The van der Waals surface area contributed by atoms with Gasteiger partial charge in [-0.2, -0.15) is 0 Å². The molecule has 0 spiro atoms. The predicted molar refractivity (Wildman–Crippen MR) is 121 cm³/mol. The Bertz CT molecular complexity index is 720. The third-order valence-electron chi connectivity index (χ3n) is 3.51. The minimum absolute atomic E-state index is 0. The van der Waals surface area contributed by atoms with Crippen molar-refractivity contribution in [1.29, 1.82) is 0 Å². The average molecular weight is 559 g/mol. The molecule has 0 unspecified atom stereocenters. The first kappa shape index (κ1) is 25.8. The summed E-state index contributed by atoms with van der Waals surface area (Å²) < 4.78 is 28.1. The van der Waals surface area contributed by atoms with Crippen LogP contribution in [0, 0.1) is 0 Å². The molecule has 0 atom stereocenters. The summed E-state index contributed by atoms with van der Waals surface area (Å²) in [5.74, 6) is 0.823. The van der Waals surface area contributed by atoms with E-state index >= 15 is 0 Å². The van der Waals surface area contributed by atoms with E-state index in [0.717, 1.165) is 0 Å². The maximum atomic E-state index is 11.7. The zero-order valence-electron chi connectivity index (χ0n) is 14.9. The molecule has 0 aromatic heterocycles. The van der Waals surface area contributed by atoms with Crippen molar-refractivity contribution in [2.24, 2.45) is 4.99 Å². The predicted octanol–water partition coefficient (Wildman–Crippen LogP) is 3.63. The fraction of sp³-hybridized carbons (Fsp3) is 0.533. The van der Waals surface area contributed by atoms with E-state index in [4.69, 9.17) is 39.5 Å². The van der Waals surface area contributed by atoms with Crippen LogP contribution in [0.4, 0.5) is 0 Å². The molecule has 0 saturated carbocycles. The van der Waals surface area contributed by atoms with Crippen molar-refractivity contribution in [3.63, 3.8) is 0 Å². The molecule has 11 heteroatoms. The van der Waals surface area contributed by atoms with E-state index in [2.05, 4.69) is 15.6 Å². The number of nitrogens with one attached hydrogen (secondary N) is 2. The number of hydrogen-bond acceptors (Lipinski definition) is 4. The Balaban J connectivity index is 0.00000625. The van der Waals surface area contributed by atoms with Crippen LogP contribution in [0.25, 0.3) is 0 Å². The van der Waals surface area contributed by atoms with Gasteiger partial charge < -0.3 is 15.4 Å². The van der Waals surface area contributed by atoms with E-state index in [1.807, 2.05) is 0 Å². The molecule has 1 aromatic carbocycles. The van der Waals surface area contributed by atoms with Crippen molar-refractivity contribution in [2.45, 2.75) is 18.6 Å². The third-order valence-corrected chi connectivity index (χ3v) is 6.44. The molecule has 0 bridgehead atoms. The molecular weight excluding hydrogens is 536 g/mol. The Labute approximate surface area is 187 Å². The van der Waals surface area contributed by atoms with Crippen LogP contribution in [-0.4, -0.2) is 52.1 Å². The SMILES string of the molecule is CN=C(NCCOc1c(Cl)cc(Cl)cc1Cl)NCC(C)(C)S(C)(=O)=O.I. The fourth-order valence-electron chi connectivity index (χ4n) is 1.64. The zero-order valence-corrected chi connectivity index (χ0v) is 20.3. The second kappa shape index (κ2) is 11.0. The first-order valence-electron chi connectivity index (χ1n) is 7.39. The Morgan fingerprint density at radius 1 is 1.19 bits per heavy atom. The largest absolute Gasteiger partial charge is 0.489 e.